The molecular formula is C11H8ClN3O. The van der Waals surface area contributed by atoms with E-state index >= 15 is 0 Å². The summed E-state index contributed by atoms with van der Waals surface area (Å²) in [7, 11) is 0. The first-order valence-corrected chi connectivity index (χ1v) is 5.10. The lowest BCUT2D eigenvalue weighted by Gasteiger charge is -1.95. The Labute approximate surface area is 96.0 Å². The van der Waals surface area contributed by atoms with Crippen molar-refractivity contribution in [1.29, 1.82) is 0 Å². The Morgan fingerprint density at radius 3 is 3.00 bits per heavy atom. The molecule has 3 N–H and O–H groups in total. The highest BCUT2D eigenvalue weighted by molar-refractivity contribution is 6.31. The summed E-state index contributed by atoms with van der Waals surface area (Å²) in [5.74, 6) is 0.563. The summed E-state index contributed by atoms with van der Waals surface area (Å²) in [6.45, 7) is 0. The van der Waals surface area contributed by atoms with Crippen molar-refractivity contribution in [3.8, 4) is 11.3 Å². The molecule has 3 aromatic rings. The third-order valence-electron chi connectivity index (χ3n) is 2.49. The van der Waals surface area contributed by atoms with Gasteiger partial charge >= 0.3 is 0 Å². The Balaban J connectivity index is 2.32. The molecule has 16 heavy (non-hydrogen) atoms. The van der Waals surface area contributed by atoms with Gasteiger partial charge in [-0.3, -0.25) is 0 Å². The molecule has 4 nitrogen and oxygen atoms in total. The SMILES string of the molecule is Nc1cnoc1-c1c[nH]c2ccc(Cl)cc12. The molecule has 0 aliphatic heterocycles. The quantitative estimate of drug-likeness (QED) is 0.679. The van der Waals surface area contributed by atoms with Crippen LogP contribution < -0.4 is 5.73 Å². The number of hydrogen-bond acceptors (Lipinski definition) is 3. The number of anilines is 1. The number of halogens is 1. The van der Waals surface area contributed by atoms with Gasteiger partial charge in [0, 0.05) is 27.7 Å². The summed E-state index contributed by atoms with van der Waals surface area (Å²) in [5.41, 5.74) is 8.12. The Hall–Kier alpha value is -1.94. The maximum Gasteiger partial charge on any atom is 0.191 e. The summed E-state index contributed by atoms with van der Waals surface area (Å²) in [5, 5.41) is 5.30. The highest BCUT2D eigenvalue weighted by Gasteiger charge is 2.13. The predicted octanol–water partition coefficient (Wildman–Crippen LogP) is 3.06. The fourth-order valence-corrected chi connectivity index (χ4v) is 1.90. The number of benzene rings is 1. The number of nitrogens with two attached hydrogens (primary N) is 1. The first-order valence-electron chi connectivity index (χ1n) is 4.73. The topological polar surface area (TPSA) is 67.8 Å². The van der Waals surface area contributed by atoms with Crippen LogP contribution in [0.15, 0.2) is 35.1 Å². The third kappa shape index (κ3) is 1.27. The molecule has 0 atom stereocenters. The molecule has 2 heterocycles. The molecule has 0 aliphatic carbocycles. The van der Waals surface area contributed by atoms with Crippen LogP contribution in [0.2, 0.25) is 5.02 Å². The second-order valence-electron chi connectivity index (χ2n) is 3.50. The first kappa shape index (κ1) is 9.30. The van der Waals surface area contributed by atoms with Crippen molar-refractivity contribution in [2.75, 3.05) is 5.73 Å². The Morgan fingerprint density at radius 1 is 1.38 bits per heavy atom. The van der Waals surface area contributed by atoms with Crippen LogP contribution in [0.1, 0.15) is 0 Å². The highest BCUT2D eigenvalue weighted by atomic mass is 35.5. The lowest BCUT2D eigenvalue weighted by Crippen LogP contribution is -1.83. The fourth-order valence-electron chi connectivity index (χ4n) is 1.73. The van der Waals surface area contributed by atoms with Crippen LogP contribution in [0.25, 0.3) is 22.2 Å². The van der Waals surface area contributed by atoms with Crippen molar-refractivity contribution in [1.82, 2.24) is 10.1 Å². The monoisotopic (exact) mass is 233 g/mol. The number of nitrogen functional groups attached to an aromatic ring is 1. The van der Waals surface area contributed by atoms with Gasteiger partial charge in [-0.25, -0.2) is 0 Å². The smallest absolute Gasteiger partial charge is 0.191 e. The van der Waals surface area contributed by atoms with Crippen LogP contribution in [0.3, 0.4) is 0 Å². The number of nitrogens with one attached hydrogen (secondary N) is 1. The lowest BCUT2D eigenvalue weighted by atomic mass is 10.1. The van der Waals surface area contributed by atoms with Gasteiger partial charge in [-0.1, -0.05) is 16.8 Å². The summed E-state index contributed by atoms with van der Waals surface area (Å²) in [4.78, 5) is 3.13. The Morgan fingerprint density at radius 2 is 2.25 bits per heavy atom. The van der Waals surface area contributed by atoms with Gasteiger partial charge in [0.25, 0.3) is 0 Å². The largest absolute Gasteiger partial charge is 0.394 e. The third-order valence-corrected chi connectivity index (χ3v) is 2.72. The number of H-pyrrole nitrogens is 1. The van der Waals surface area contributed by atoms with E-state index < -0.39 is 0 Å². The number of fused-ring (bicyclic) bond motifs is 1. The Bertz CT molecular complexity index is 656. The molecule has 1 aromatic carbocycles. The first-order chi connectivity index (χ1) is 7.75. The van der Waals surface area contributed by atoms with Crippen molar-refractivity contribution in [2.45, 2.75) is 0 Å². The zero-order valence-corrected chi connectivity index (χ0v) is 8.95. The zero-order chi connectivity index (χ0) is 11.1. The molecule has 0 bridgehead atoms. The van der Waals surface area contributed by atoms with Crippen molar-refractivity contribution >= 4 is 28.2 Å². The summed E-state index contributed by atoms with van der Waals surface area (Å²) in [6, 6.07) is 5.60. The van der Waals surface area contributed by atoms with Gasteiger partial charge in [0.1, 0.15) is 5.69 Å². The maximum absolute atomic E-state index is 5.96. The molecule has 2 aromatic heterocycles. The maximum atomic E-state index is 5.96. The molecule has 5 heteroatoms. The van der Waals surface area contributed by atoms with Crippen molar-refractivity contribution in [3.63, 3.8) is 0 Å². The van der Waals surface area contributed by atoms with Gasteiger partial charge in [0.15, 0.2) is 5.76 Å². The predicted molar refractivity (Wildman–Crippen MR) is 63.2 cm³/mol. The average Bonchev–Trinajstić information content (AvgIpc) is 2.83. The van der Waals surface area contributed by atoms with E-state index in [1.165, 1.54) is 6.20 Å². The van der Waals surface area contributed by atoms with Gasteiger partial charge in [-0.05, 0) is 18.2 Å². The van der Waals surface area contributed by atoms with Gasteiger partial charge in [0.2, 0.25) is 0 Å². The summed E-state index contributed by atoms with van der Waals surface area (Å²) in [6.07, 6.45) is 3.32. The number of aromatic nitrogens is 2. The number of aromatic amines is 1. The van der Waals surface area contributed by atoms with Crippen LogP contribution in [-0.4, -0.2) is 10.1 Å². The number of rotatable bonds is 1. The van der Waals surface area contributed by atoms with Gasteiger partial charge in [-0.15, -0.1) is 0 Å². The number of nitrogens with zero attached hydrogens (tertiary/aromatic N) is 1. The molecule has 0 fully saturated rings. The minimum atomic E-state index is 0.515. The van der Waals surface area contributed by atoms with Crippen LogP contribution in [0, 0.1) is 0 Å². The van der Waals surface area contributed by atoms with Gasteiger partial charge < -0.3 is 15.2 Å². The minimum Gasteiger partial charge on any atom is -0.394 e. The second kappa shape index (κ2) is 3.28. The Kier molecular flexibility index (Phi) is 1.91. The van der Waals surface area contributed by atoms with Crippen molar-refractivity contribution in [3.05, 3.63) is 35.6 Å². The van der Waals surface area contributed by atoms with E-state index in [1.54, 1.807) is 0 Å². The fraction of sp³-hybridized carbons (Fsp3) is 0. The van der Waals surface area contributed by atoms with Crippen molar-refractivity contribution in [2.24, 2.45) is 0 Å². The van der Waals surface area contributed by atoms with Gasteiger partial charge in [0.05, 0.1) is 6.20 Å². The standard InChI is InChI=1S/C11H8ClN3O/c12-6-1-2-10-7(3-6)8(4-14-10)11-9(13)5-15-16-11/h1-5,14H,13H2. The highest BCUT2D eigenvalue weighted by Crippen LogP contribution is 2.33. The molecule has 0 radical (unpaired) electrons. The normalized spacial score (nSPS) is 11.1. The van der Waals surface area contributed by atoms with Crippen molar-refractivity contribution < 1.29 is 4.52 Å². The molecule has 0 unspecified atom stereocenters. The van der Waals surface area contributed by atoms with E-state index in [0.29, 0.717) is 16.5 Å². The minimum absolute atomic E-state index is 0.515. The van der Waals surface area contributed by atoms with E-state index in [9.17, 15) is 0 Å². The molecule has 0 saturated heterocycles. The van der Waals surface area contributed by atoms with E-state index in [0.717, 1.165) is 16.5 Å². The van der Waals surface area contributed by atoms with Crippen LogP contribution in [-0.2, 0) is 0 Å². The van der Waals surface area contributed by atoms with E-state index in [2.05, 4.69) is 10.1 Å². The molecule has 3 rings (SSSR count). The molecule has 0 spiro atoms. The van der Waals surface area contributed by atoms with Crippen LogP contribution in [0.4, 0.5) is 5.69 Å². The zero-order valence-electron chi connectivity index (χ0n) is 8.20. The van der Waals surface area contributed by atoms with E-state index in [-0.39, 0.29) is 0 Å². The molecule has 0 aliphatic rings. The van der Waals surface area contributed by atoms with E-state index in [1.807, 2.05) is 24.4 Å². The second-order valence-corrected chi connectivity index (χ2v) is 3.94. The molecule has 0 saturated carbocycles. The molecule has 0 amide bonds. The lowest BCUT2D eigenvalue weighted by molar-refractivity contribution is 0.433. The molecular weight excluding hydrogens is 226 g/mol. The summed E-state index contributed by atoms with van der Waals surface area (Å²) >= 11 is 5.96. The van der Waals surface area contributed by atoms with Crippen LogP contribution >= 0.6 is 11.6 Å². The average molecular weight is 234 g/mol. The van der Waals surface area contributed by atoms with Gasteiger partial charge in [-0.2, -0.15) is 0 Å². The van der Waals surface area contributed by atoms with Crippen LogP contribution in [0.5, 0.6) is 0 Å². The van der Waals surface area contributed by atoms with E-state index in [4.69, 9.17) is 21.9 Å². The number of hydrogen-bond donors (Lipinski definition) is 2. The molecule has 80 valence electrons. The summed E-state index contributed by atoms with van der Waals surface area (Å²) < 4.78 is 5.12.